The van der Waals surface area contributed by atoms with Crippen molar-refractivity contribution >= 4 is 52.3 Å². The minimum atomic E-state index is -0.645. The highest BCUT2D eigenvalue weighted by Crippen LogP contribution is 2.27. The normalized spacial score (nSPS) is 21.3. The van der Waals surface area contributed by atoms with E-state index in [1.807, 2.05) is 6.92 Å². The molecule has 178 valence electrons. The maximum Gasteiger partial charge on any atom is 0.308 e. The Bertz CT molecular complexity index is 1220. The van der Waals surface area contributed by atoms with Crippen molar-refractivity contribution in [1.82, 2.24) is 14.8 Å². The number of halogens is 4. The fourth-order valence-corrected chi connectivity index (χ4v) is 4.56. The number of benzene rings is 1. The third kappa shape index (κ3) is 4.95. The molecule has 1 atom stereocenters. The lowest BCUT2D eigenvalue weighted by molar-refractivity contribution is -0.606. The monoisotopic (exact) mass is 524 g/mol. The summed E-state index contributed by atoms with van der Waals surface area (Å²) in [6.45, 7) is 3.20. The molecule has 7 nitrogen and oxygen atoms in total. The summed E-state index contributed by atoms with van der Waals surface area (Å²) in [6, 6.07) is 5.73. The molecule has 0 saturated carbocycles. The number of carbonyl (C=O) groups is 2. The van der Waals surface area contributed by atoms with Crippen LogP contribution in [-0.2, 0) is 11.3 Å². The molecule has 0 radical (unpaired) electrons. The predicted octanol–water partition coefficient (Wildman–Crippen LogP) is 3.29. The first kappa shape index (κ1) is 24.6. The van der Waals surface area contributed by atoms with Crippen LogP contribution in [0, 0.1) is 11.2 Å². The summed E-state index contributed by atoms with van der Waals surface area (Å²) in [5.74, 6) is -1.16. The molecule has 11 heteroatoms. The van der Waals surface area contributed by atoms with Crippen LogP contribution in [0.1, 0.15) is 29.3 Å². The van der Waals surface area contributed by atoms with Gasteiger partial charge in [0.2, 0.25) is 5.70 Å². The highest BCUT2D eigenvalue weighted by atomic mass is 35.5. The quantitative estimate of drug-likeness (QED) is 0.476. The lowest BCUT2D eigenvalue weighted by Crippen LogP contribution is -2.89. The van der Waals surface area contributed by atoms with Crippen molar-refractivity contribution in [1.29, 1.82) is 5.41 Å². The van der Waals surface area contributed by atoms with E-state index in [1.54, 1.807) is 27.2 Å². The maximum absolute atomic E-state index is 13.8. The van der Waals surface area contributed by atoms with Gasteiger partial charge in [0.15, 0.2) is 11.0 Å². The van der Waals surface area contributed by atoms with Crippen LogP contribution in [0.4, 0.5) is 4.39 Å². The fraction of sp³-hybridized carbons (Fsp3) is 0.304. The highest BCUT2D eigenvalue weighted by molar-refractivity contribution is 6.42. The zero-order chi connectivity index (χ0) is 24.6. The van der Waals surface area contributed by atoms with E-state index in [4.69, 9.17) is 40.2 Å². The molecule has 2 saturated heterocycles. The minimum Gasteiger partial charge on any atom is -0.331 e. The van der Waals surface area contributed by atoms with Gasteiger partial charge < -0.3 is 20.5 Å². The van der Waals surface area contributed by atoms with Crippen LogP contribution in [0.3, 0.4) is 0 Å². The van der Waals surface area contributed by atoms with Gasteiger partial charge in [-0.25, -0.2) is 9.37 Å². The smallest absolute Gasteiger partial charge is 0.308 e. The predicted molar refractivity (Wildman–Crippen MR) is 128 cm³/mol. The SMILES string of the molecule is C[C@@H]1CC(=N)/C(=C2\[NH2+]CCN(Cc3cnc(Cl)c(F)c3)C2=O)CN1C(=O)c1ccc(Cl)c(Cl)c1. The van der Waals surface area contributed by atoms with Crippen molar-refractivity contribution < 1.29 is 19.3 Å². The Labute approximate surface area is 211 Å². The number of pyridine rings is 1. The number of carbonyl (C=O) groups excluding carboxylic acids is 2. The fourth-order valence-electron chi connectivity index (χ4n) is 4.16. The van der Waals surface area contributed by atoms with E-state index in [0.717, 1.165) is 0 Å². The molecule has 0 bridgehead atoms. The van der Waals surface area contributed by atoms with Crippen LogP contribution in [0.5, 0.6) is 0 Å². The van der Waals surface area contributed by atoms with Gasteiger partial charge in [-0.05, 0) is 36.8 Å². The Morgan fingerprint density at radius 3 is 2.74 bits per heavy atom. The zero-order valence-corrected chi connectivity index (χ0v) is 20.5. The van der Waals surface area contributed by atoms with Gasteiger partial charge in [-0.3, -0.25) is 9.59 Å². The molecule has 3 heterocycles. The first-order valence-electron chi connectivity index (χ1n) is 10.6. The number of nitrogens with zero attached hydrogens (tertiary/aromatic N) is 3. The Morgan fingerprint density at radius 1 is 1.26 bits per heavy atom. The summed E-state index contributed by atoms with van der Waals surface area (Å²) >= 11 is 17.7. The topological polar surface area (TPSA) is 94.0 Å². The van der Waals surface area contributed by atoms with Gasteiger partial charge in [0.25, 0.3) is 5.91 Å². The number of quaternary nitrogens is 1. The molecule has 0 aliphatic carbocycles. The van der Waals surface area contributed by atoms with Gasteiger partial charge in [0.05, 0.1) is 35.3 Å². The number of hydrogen-bond acceptors (Lipinski definition) is 4. The molecule has 1 aromatic carbocycles. The van der Waals surface area contributed by atoms with Gasteiger partial charge in [0, 0.05) is 36.5 Å². The highest BCUT2D eigenvalue weighted by Gasteiger charge is 2.37. The van der Waals surface area contributed by atoms with Crippen molar-refractivity contribution in [2.75, 3.05) is 19.6 Å². The van der Waals surface area contributed by atoms with E-state index in [0.29, 0.717) is 52.6 Å². The molecule has 2 amide bonds. The standard InChI is InChI=1S/C23H21Cl3FN5O2/c1-12-6-19(28)15(11-32(12)22(33)14-2-3-16(24)17(25)8-14)20-23(34)31(5-4-29-20)10-13-7-18(27)21(26)30-9-13/h2-3,7-9,12,28-29H,4-6,10-11H2,1H3/p+1/b20-15-,28-19?/t12-/m1/s1. The van der Waals surface area contributed by atoms with Gasteiger partial charge in [-0.1, -0.05) is 34.8 Å². The lowest BCUT2D eigenvalue weighted by Gasteiger charge is -2.36. The second kappa shape index (κ2) is 10.00. The second-order valence-corrected chi connectivity index (χ2v) is 9.49. The molecular formula is C23H22Cl3FN5O2+. The third-order valence-electron chi connectivity index (χ3n) is 5.97. The minimum absolute atomic E-state index is 0.127. The van der Waals surface area contributed by atoms with Gasteiger partial charge in [-0.15, -0.1) is 0 Å². The molecule has 0 spiro atoms. The van der Waals surface area contributed by atoms with Crippen LogP contribution in [0.2, 0.25) is 15.2 Å². The Morgan fingerprint density at radius 2 is 2.03 bits per heavy atom. The Balaban J connectivity index is 1.59. The van der Waals surface area contributed by atoms with Crippen molar-refractivity contribution in [2.24, 2.45) is 0 Å². The van der Waals surface area contributed by atoms with Gasteiger partial charge >= 0.3 is 5.91 Å². The third-order valence-corrected chi connectivity index (χ3v) is 6.99. The van der Waals surface area contributed by atoms with E-state index in [1.165, 1.54) is 18.3 Å². The second-order valence-electron chi connectivity index (χ2n) is 8.32. The van der Waals surface area contributed by atoms with Crippen molar-refractivity contribution in [2.45, 2.75) is 25.9 Å². The summed E-state index contributed by atoms with van der Waals surface area (Å²) in [6.07, 6.45) is 1.76. The molecule has 34 heavy (non-hydrogen) atoms. The number of likely N-dealkylation sites (tertiary alicyclic amines) is 1. The molecule has 4 rings (SSSR count). The zero-order valence-electron chi connectivity index (χ0n) is 18.2. The first-order valence-corrected chi connectivity index (χ1v) is 11.8. The van der Waals surface area contributed by atoms with Gasteiger partial charge in [0.1, 0.15) is 0 Å². The number of aromatic nitrogens is 1. The molecule has 3 N–H and O–H groups in total. The van der Waals surface area contributed by atoms with E-state index in [-0.39, 0.29) is 41.1 Å². The Hall–Kier alpha value is -2.52. The summed E-state index contributed by atoms with van der Waals surface area (Å²) in [5, 5.41) is 10.8. The summed E-state index contributed by atoms with van der Waals surface area (Å²) < 4.78 is 13.8. The van der Waals surface area contributed by atoms with E-state index < -0.39 is 5.82 Å². The number of amides is 2. The Kier molecular flexibility index (Phi) is 7.23. The molecule has 2 aliphatic heterocycles. The number of hydrogen-bond donors (Lipinski definition) is 2. The molecular weight excluding hydrogens is 504 g/mol. The van der Waals surface area contributed by atoms with E-state index >= 15 is 0 Å². The molecule has 2 aliphatic rings. The van der Waals surface area contributed by atoms with Crippen LogP contribution in [0.15, 0.2) is 41.7 Å². The molecule has 2 fully saturated rings. The van der Waals surface area contributed by atoms with Gasteiger partial charge in [-0.2, -0.15) is 0 Å². The van der Waals surface area contributed by atoms with E-state index in [9.17, 15) is 14.0 Å². The number of nitrogens with two attached hydrogens (primary N) is 1. The van der Waals surface area contributed by atoms with E-state index in [2.05, 4.69) is 4.98 Å². The van der Waals surface area contributed by atoms with Crippen LogP contribution >= 0.6 is 34.8 Å². The van der Waals surface area contributed by atoms with Crippen LogP contribution < -0.4 is 5.32 Å². The molecule has 0 unspecified atom stereocenters. The average Bonchev–Trinajstić information content (AvgIpc) is 2.79. The lowest BCUT2D eigenvalue weighted by atomic mass is 9.93. The maximum atomic E-state index is 13.8. The number of nitrogens with one attached hydrogen (secondary N) is 1. The van der Waals surface area contributed by atoms with Crippen molar-refractivity contribution in [3.63, 3.8) is 0 Å². The number of piperazine rings is 1. The molecule has 2 aromatic rings. The summed E-state index contributed by atoms with van der Waals surface area (Å²) in [5.41, 5.74) is 2.15. The van der Waals surface area contributed by atoms with Crippen LogP contribution in [0.25, 0.3) is 0 Å². The largest absolute Gasteiger partial charge is 0.331 e. The summed E-state index contributed by atoms with van der Waals surface area (Å²) in [7, 11) is 0. The van der Waals surface area contributed by atoms with Crippen molar-refractivity contribution in [3.05, 3.63) is 73.9 Å². The van der Waals surface area contributed by atoms with Crippen molar-refractivity contribution in [3.8, 4) is 0 Å². The van der Waals surface area contributed by atoms with Crippen LogP contribution in [-0.4, -0.2) is 58.0 Å². The number of piperidine rings is 1. The average molecular weight is 526 g/mol. The summed E-state index contributed by atoms with van der Waals surface area (Å²) in [4.78, 5) is 33.6. The number of rotatable bonds is 3. The first-order chi connectivity index (χ1) is 16.2. The molecule has 1 aromatic heterocycles.